The van der Waals surface area contributed by atoms with Gasteiger partial charge in [0, 0.05) is 36.3 Å². The van der Waals surface area contributed by atoms with Crippen molar-refractivity contribution in [3.8, 4) is 11.5 Å². The molecule has 0 saturated heterocycles. The van der Waals surface area contributed by atoms with E-state index < -0.39 is 11.9 Å². The summed E-state index contributed by atoms with van der Waals surface area (Å²) in [5.41, 5.74) is 0.941. The number of anilines is 2. The van der Waals surface area contributed by atoms with Crippen LogP contribution < -0.4 is 14.8 Å². The quantitative estimate of drug-likeness (QED) is 0.551. The highest BCUT2D eigenvalue weighted by Gasteiger charge is 2.26. The summed E-state index contributed by atoms with van der Waals surface area (Å²) in [4.78, 5) is 27.5. The summed E-state index contributed by atoms with van der Waals surface area (Å²) in [5, 5.41) is 7.30. The van der Waals surface area contributed by atoms with Gasteiger partial charge in [-0.2, -0.15) is 0 Å². The molecule has 0 aliphatic carbocycles. The molecule has 0 spiro atoms. The fraction of sp³-hybridized carbons (Fsp3) is 0. The van der Waals surface area contributed by atoms with Gasteiger partial charge in [-0.3, -0.25) is 4.98 Å². The number of ether oxygens (including phenoxy) is 2. The lowest BCUT2D eigenvalue weighted by molar-refractivity contribution is -0.133. The molecule has 0 unspecified atom stereocenters. The second kappa shape index (κ2) is 5.91. The lowest BCUT2D eigenvalue weighted by atomic mass is 10.2. The number of pyridine rings is 1. The van der Waals surface area contributed by atoms with Gasteiger partial charge in [0.25, 0.3) is 0 Å². The van der Waals surface area contributed by atoms with Gasteiger partial charge >= 0.3 is 11.9 Å². The highest BCUT2D eigenvalue weighted by atomic mass is 35.5. The second-order valence-corrected chi connectivity index (χ2v) is 5.36. The van der Waals surface area contributed by atoms with E-state index in [1.807, 2.05) is 0 Å². The summed E-state index contributed by atoms with van der Waals surface area (Å²) in [6.07, 6.45) is 5.11. The Kier molecular flexibility index (Phi) is 3.58. The molecule has 0 fully saturated rings. The molecule has 1 aliphatic rings. The van der Waals surface area contributed by atoms with Crippen molar-refractivity contribution in [3.05, 3.63) is 47.8 Å². The summed E-state index contributed by atoms with van der Waals surface area (Å²) < 4.78 is 15.7. The fourth-order valence-electron chi connectivity index (χ4n) is 2.28. The van der Waals surface area contributed by atoms with Crippen molar-refractivity contribution < 1.29 is 23.6 Å². The Morgan fingerprint density at radius 1 is 1.00 bits per heavy atom. The Balaban J connectivity index is 1.91. The predicted molar refractivity (Wildman–Crippen MR) is 86.9 cm³/mol. The standard InChI is InChI=1S/C16H8ClN3O5/c17-9-7-10-13(15-14(9)23-11(21)1-2-12(22)24-15)16(20-25-10)19-8-3-5-18-6-4-8/h1-7H,(H,18,19,20)/b2-1-. The first kappa shape index (κ1) is 15.2. The van der Waals surface area contributed by atoms with Crippen LogP contribution in [0.3, 0.4) is 0 Å². The molecule has 0 atom stereocenters. The number of aromatic nitrogens is 2. The summed E-state index contributed by atoms with van der Waals surface area (Å²) >= 11 is 6.12. The van der Waals surface area contributed by atoms with Crippen LogP contribution in [-0.4, -0.2) is 22.1 Å². The van der Waals surface area contributed by atoms with Gasteiger partial charge < -0.3 is 19.3 Å². The van der Waals surface area contributed by atoms with Gasteiger partial charge in [0.1, 0.15) is 5.39 Å². The van der Waals surface area contributed by atoms with Crippen LogP contribution in [-0.2, 0) is 9.59 Å². The second-order valence-electron chi connectivity index (χ2n) is 4.96. The number of hydrogen-bond acceptors (Lipinski definition) is 8. The Labute approximate surface area is 145 Å². The van der Waals surface area contributed by atoms with Crippen molar-refractivity contribution >= 4 is 46.0 Å². The molecular formula is C16H8ClN3O5. The van der Waals surface area contributed by atoms with Crippen LogP contribution in [0.5, 0.6) is 11.5 Å². The topological polar surface area (TPSA) is 104 Å². The normalized spacial score (nSPS) is 14.9. The van der Waals surface area contributed by atoms with Crippen LogP contribution in [0, 0.1) is 0 Å². The van der Waals surface area contributed by atoms with E-state index in [0.29, 0.717) is 11.1 Å². The predicted octanol–water partition coefficient (Wildman–Crippen LogP) is 3.00. The highest BCUT2D eigenvalue weighted by molar-refractivity contribution is 6.33. The van der Waals surface area contributed by atoms with E-state index >= 15 is 0 Å². The van der Waals surface area contributed by atoms with Crippen LogP contribution in [0.1, 0.15) is 0 Å². The van der Waals surface area contributed by atoms with E-state index in [0.717, 1.165) is 12.2 Å². The van der Waals surface area contributed by atoms with E-state index in [2.05, 4.69) is 15.5 Å². The van der Waals surface area contributed by atoms with Crippen LogP contribution in [0.25, 0.3) is 11.0 Å². The first-order valence-corrected chi connectivity index (χ1v) is 7.40. The molecule has 0 bridgehead atoms. The molecule has 2 aromatic heterocycles. The SMILES string of the molecule is O=C1/C=C\C(=O)Oc2c(c(Cl)cc3onc(Nc4ccncc4)c23)O1. The molecule has 1 aromatic carbocycles. The minimum atomic E-state index is -0.752. The van der Waals surface area contributed by atoms with Crippen molar-refractivity contribution in [1.82, 2.24) is 10.1 Å². The van der Waals surface area contributed by atoms with Gasteiger partial charge in [-0.15, -0.1) is 0 Å². The van der Waals surface area contributed by atoms with Crippen molar-refractivity contribution in [3.63, 3.8) is 0 Å². The maximum atomic E-state index is 11.9. The Morgan fingerprint density at radius 3 is 2.40 bits per heavy atom. The zero-order valence-corrected chi connectivity index (χ0v) is 13.1. The number of fused-ring (bicyclic) bond motifs is 3. The third kappa shape index (κ3) is 2.79. The molecule has 9 heteroatoms. The van der Waals surface area contributed by atoms with Crippen LogP contribution in [0.2, 0.25) is 5.02 Å². The van der Waals surface area contributed by atoms with Crippen molar-refractivity contribution in [1.29, 1.82) is 0 Å². The van der Waals surface area contributed by atoms with E-state index in [9.17, 15) is 9.59 Å². The number of carbonyl (C=O) groups excluding carboxylic acids is 2. The summed E-state index contributed by atoms with van der Waals surface area (Å²) in [5.74, 6) is -1.37. The minimum Gasteiger partial charge on any atom is -0.418 e. The summed E-state index contributed by atoms with van der Waals surface area (Å²) in [7, 11) is 0. The average molecular weight is 358 g/mol. The smallest absolute Gasteiger partial charge is 0.336 e. The molecule has 1 N–H and O–H groups in total. The molecular weight excluding hydrogens is 350 g/mol. The van der Waals surface area contributed by atoms with E-state index in [1.54, 1.807) is 24.5 Å². The number of hydrogen-bond donors (Lipinski definition) is 1. The number of nitrogens with one attached hydrogen (secondary N) is 1. The van der Waals surface area contributed by atoms with Crippen molar-refractivity contribution in [2.45, 2.75) is 0 Å². The highest BCUT2D eigenvalue weighted by Crippen LogP contribution is 2.45. The molecule has 0 saturated carbocycles. The molecule has 0 radical (unpaired) electrons. The van der Waals surface area contributed by atoms with Gasteiger partial charge in [0.05, 0.1) is 5.02 Å². The number of nitrogens with zero attached hydrogens (tertiary/aromatic N) is 2. The lowest BCUT2D eigenvalue weighted by Crippen LogP contribution is -2.14. The fourth-order valence-corrected chi connectivity index (χ4v) is 2.50. The van der Waals surface area contributed by atoms with Crippen molar-refractivity contribution in [2.24, 2.45) is 0 Å². The molecule has 3 heterocycles. The molecule has 1 aliphatic heterocycles. The van der Waals surface area contributed by atoms with Gasteiger partial charge in [-0.05, 0) is 12.1 Å². The maximum Gasteiger partial charge on any atom is 0.336 e. The zero-order chi connectivity index (χ0) is 17.4. The van der Waals surface area contributed by atoms with Crippen LogP contribution in [0.15, 0.2) is 47.3 Å². The monoisotopic (exact) mass is 357 g/mol. The number of esters is 2. The third-order valence-electron chi connectivity index (χ3n) is 3.33. The first-order valence-electron chi connectivity index (χ1n) is 7.02. The van der Waals surface area contributed by atoms with Gasteiger partial charge in [0.15, 0.2) is 22.9 Å². The molecule has 0 amide bonds. The number of carbonyl (C=O) groups is 2. The number of benzene rings is 1. The van der Waals surface area contributed by atoms with E-state index in [-0.39, 0.29) is 27.9 Å². The largest absolute Gasteiger partial charge is 0.418 e. The average Bonchev–Trinajstić information content (AvgIpc) is 2.98. The molecule has 3 aromatic rings. The van der Waals surface area contributed by atoms with E-state index in [4.69, 9.17) is 25.6 Å². The Morgan fingerprint density at radius 2 is 1.68 bits per heavy atom. The molecule has 25 heavy (non-hydrogen) atoms. The van der Waals surface area contributed by atoms with Crippen molar-refractivity contribution in [2.75, 3.05) is 5.32 Å². The van der Waals surface area contributed by atoms with Crippen LogP contribution in [0.4, 0.5) is 11.5 Å². The maximum absolute atomic E-state index is 11.9. The summed E-state index contributed by atoms with van der Waals surface area (Å²) in [6, 6.07) is 4.86. The number of halogens is 1. The molecule has 124 valence electrons. The van der Waals surface area contributed by atoms with Crippen LogP contribution >= 0.6 is 11.6 Å². The van der Waals surface area contributed by atoms with Gasteiger partial charge in [-0.1, -0.05) is 16.8 Å². The minimum absolute atomic E-state index is 0.0468. The Hall–Kier alpha value is -3.39. The van der Waals surface area contributed by atoms with Gasteiger partial charge in [-0.25, -0.2) is 9.59 Å². The third-order valence-corrected chi connectivity index (χ3v) is 3.61. The first-order chi connectivity index (χ1) is 12.1. The summed E-state index contributed by atoms with van der Waals surface area (Å²) in [6.45, 7) is 0. The van der Waals surface area contributed by atoms with Gasteiger partial charge in [0.2, 0.25) is 0 Å². The lowest BCUT2D eigenvalue weighted by Gasteiger charge is -2.13. The number of rotatable bonds is 2. The molecule has 8 nitrogen and oxygen atoms in total. The van der Waals surface area contributed by atoms with E-state index in [1.165, 1.54) is 6.07 Å². The zero-order valence-electron chi connectivity index (χ0n) is 12.4. The molecule has 4 rings (SSSR count). The Bertz CT molecular complexity index is 1030.